The maximum absolute atomic E-state index is 12.3. The van der Waals surface area contributed by atoms with Crippen LogP contribution < -0.4 is 0 Å². The van der Waals surface area contributed by atoms with Crippen molar-refractivity contribution in [3.05, 3.63) is 34.9 Å². The molecule has 0 bridgehead atoms. The Morgan fingerprint density at radius 3 is 2.45 bits per heavy atom. The highest BCUT2D eigenvalue weighted by Gasteiger charge is 2.19. The fourth-order valence-electron chi connectivity index (χ4n) is 2.35. The molecule has 0 spiro atoms. The molecule has 20 heavy (non-hydrogen) atoms. The molecule has 1 aromatic carbocycles. The summed E-state index contributed by atoms with van der Waals surface area (Å²) < 4.78 is 0. The average Bonchev–Trinajstić information content (AvgIpc) is 2.41. The van der Waals surface area contributed by atoms with Crippen LogP contribution in [0.25, 0.3) is 0 Å². The van der Waals surface area contributed by atoms with Crippen LogP contribution in [-0.4, -0.2) is 66.4 Å². The van der Waals surface area contributed by atoms with Crippen LogP contribution in [0.15, 0.2) is 18.2 Å². The van der Waals surface area contributed by atoms with Crippen molar-refractivity contribution in [2.75, 3.05) is 39.8 Å². The molecule has 5 nitrogen and oxygen atoms in total. The van der Waals surface area contributed by atoms with E-state index in [1.807, 2.05) is 6.92 Å². The van der Waals surface area contributed by atoms with Crippen LogP contribution in [0.1, 0.15) is 26.3 Å². The van der Waals surface area contributed by atoms with Gasteiger partial charge in [-0.05, 0) is 31.7 Å². The number of hydrogen-bond acceptors (Lipinski definition) is 4. The first-order valence-electron chi connectivity index (χ1n) is 6.75. The highest BCUT2D eigenvalue weighted by molar-refractivity contribution is 6.01. The topological polar surface area (TPSA) is 60.9 Å². The fraction of sp³-hybridized carbons (Fsp3) is 0.467. The van der Waals surface area contributed by atoms with E-state index in [0.717, 1.165) is 31.7 Å². The molecule has 2 rings (SSSR count). The lowest BCUT2D eigenvalue weighted by Gasteiger charge is -2.31. The highest BCUT2D eigenvalue weighted by Crippen LogP contribution is 2.13. The van der Waals surface area contributed by atoms with Crippen molar-refractivity contribution in [2.24, 2.45) is 0 Å². The number of aryl methyl sites for hydroxylation is 1. The van der Waals surface area contributed by atoms with Crippen LogP contribution >= 0.6 is 0 Å². The zero-order valence-corrected chi connectivity index (χ0v) is 11.9. The molecule has 0 atom stereocenters. The monoisotopic (exact) mass is 276 g/mol. The van der Waals surface area contributed by atoms with E-state index in [2.05, 4.69) is 16.8 Å². The van der Waals surface area contributed by atoms with Crippen molar-refractivity contribution >= 4 is 11.8 Å². The average molecular weight is 276 g/mol. The first-order valence-corrected chi connectivity index (χ1v) is 6.75. The molecule has 1 aliphatic rings. The molecule has 1 heterocycles. The minimum Gasteiger partial charge on any atom is -0.478 e. The molecule has 0 aliphatic carbocycles. The van der Waals surface area contributed by atoms with Gasteiger partial charge in [-0.1, -0.05) is 6.07 Å². The summed E-state index contributed by atoms with van der Waals surface area (Å²) in [6, 6.07) is 4.71. The smallest absolute Gasteiger partial charge is 0.335 e. The molecule has 1 aliphatic heterocycles. The van der Waals surface area contributed by atoms with Gasteiger partial charge in [-0.25, -0.2) is 4.79 Å². The van der Waals surface area contributed by atoms with Gasteiger partial charge in [0.1, 0.15) is 0 Å². The molecule has 1 saturated heterocycles. The SMILES string of the molecule is Cc1ccc(C(=O)O)cc1C(=O)CN1CCN(C)CC1. The van der Waals surface area contributed by atoms with Gasteiger partial charge in [0.15, 0.2) is 5.78 Å². The van der Waals surface area contributed by atoms with Crippen LogP contribution in [0.4, 0.5) is 0 Å². The summed E-state index contributed by atoms with van der Waals surface area (Å²) in [6.07, 6.45) is 0. The number of hydrogen-bond donors (Lipinski definition) is 1. The number of carboxylic acids is 1. The van der Waals surface area contributed by atoms with Gasteiger partial charge in [0.25, 0.3) is 0 Å². The number of benzene rings is 1. The molecular weight excluding hydrogens is 256 g/mol. The van der Waals surface area contributed by atoms with Crippen molar-refractivity contribution in [3.8, 4) is 0 Å². The van der Waals surface area contributed by atoms with Gasteiger partial charge in [-0.2, -0.15) is 0 Å². The van der Waals surface area contributed by atoms with Gasteiger partial charge in [0.05, 0.1) is 12.1 Å². The van der Waals surface area contributed by atoms with E-state index in [-0.39, 0.29) is 11.3 Å². The molecule has 5 heteroatoms. The number of piperazine rings is 1. The Labute approximate surface area is 118 Å². The van der Waals surface area contributed by atoms with E-state index in [0.29, 0.717) is 12.1 Å². The van der Waals surface area contributed by atoms with Crippen molar-refractivity contribution < 1.29 is 14.7 Å². The third-order valence-corrected chi connectivity index (χ3v) is 3.75. The second kappa shape index (κ2) is 6.15. The van der Waals surface area contributed by atoms with Gasteiger partial charge in [-0.15, -0.1) is 0 Å². The van der Waals surface area contributed by atoms with Crippen LogP contribution in [0.3, 0.4) is 0 Å². The number of carboxylic acid groups (broad SMARTS) is 1. The van der Waals surface area contributed by atoms with E-state index in [9.17, 15) is 9.59 Å². The summed E-state index contributed by atoms with van der Waals surface area (Å²) in [5.41, 5.74) is 1.51. The number of Topliss-reactive ketones (excluding diaryl/α,β-unsaturated/α-hetero) is 1. The zero-order valence-electron chi connectivity index (χ0n) is 11.9. The number of likely N-dealkylation sites (N-methyl/N-ethyl adjacent to an activating group) is 1. The Hall–Kier alpha value is -1.72. The lowest BCUT2D eigenvalue weighted by Crippen LogP contribution is -2.46. The highest BCUT2D eigenvalue weighted by atomic mass is 16.4. The third-order valence-electron chi connectivity index (χ3n) is 3.75. The molecule has 0 unspecified atom stereocenters. The van der Waals surface area contributed by atoms with E-state index in [1.54, 1.807) is 6.07 Å². The minimum atomic E-state index is -1.00. The largest absolute Gasteiger partial charge is 0.478 e. The Kier molecular flexibility index (Phi) is 4.52. The molecule has 0 aromatic heterocycles. The summed E-state index contributed by atoms with van der Waals surface area (Å²) in [7, 11) is 2.07. The van der Waals surface area contributed by atoms with Gasteiger partial charge < -0.3 is 10.0 Å². The Bertz CT molecular complexity index is 520. The normalized spacial score (nSPS) is 17.1. The molecule has 108 valence electrons. The summed E-state index contributed by atoms with van der Waals surface area (Å²) in [6.45, 7) is 5.86. The minimum absolute atomic E-state index is 0.00449. The predicted octanol–water partition coefficient (Wildman–Crippen LogP) is 1.12. The van der Waals surface area contributed by atoms with Gasteiger partial charge >= 0.3 is 5.97 Å². The number of carbonyl (C=O) groups is 2. The molecule has 1 fully saturated rings. The number of rotatable bonds is 4. The van der Waals surface area contributed by atoms with E-state index in [1.165, 1.54) is 12.1 Å². The van der Waals surface area contributed by atoms with Crippen LogP contribution in [-0.2, 0) is 0 Å². The number of nitrogens with zero attached hydrogens (tertiary/aromatic N) is 2. The van der Waals surface area contributed by atoms with Crippen LogP contribution in [0.5, 0.6) is 0 Å². The van der Waals surface area contributed by atoms with Crippen LogP contribution in [0.2, 0.25) is 0 Å². The summed E-state index contributed by atoms with van der Waals surface area (Å²) in [5, 5.41) is 9.01. The van der Waals surface area contributed by atoms with Crippen molar-refractivity contribution in [3.63, 3.8) is 0 Å². The summed E-state index contributed by atoms with van der Waals surface area (Å²) >= 11 is 0. The second-order valence-corrected chi connectivity index (χ2v) is 5.34. The number of carbonyl (C=O) groups excluding carboxylic acids is 1. The van der Waals surface area contributed by atoms with E-state index in [4.69, 9.17) is 5.11 Å². The molecule has 0 amide bonds. The number of ketones is 1. The lowest BCUT2D eigenvalue weighted by molar-refractivity contribution is 0.0697. The van der Waals surface area contributed by atoms with E-state index < -0.39 is 5.97 Å². The Morgan fingerprint density at radius 1 is 1.20 bits per heavy atom. The zero-order chi connectivity index (χ0) is 14.7. The first kappa shape index (κ1) is 14.7. The third kappa shape index (κ3) is 3.43. The summed E-state index contributed by atoms with van der Waals surface area (Å²) in [5.74, 6) is -1.01. The maximum atomic E-state index is 12.3. The quantitative estimate of drug-likeness (QED) is 0.835. The standard InChI is InChI=1S/C15H20N2O3/c1-11-3-4-12(15(19)20)9-13(11)14(18)10-17-7-5-16(2)6-8-17/h3-4,9H,5-8,10H2,1-2H3,(H,19,20). The van der Waals surface area contributed by atoms with Gasteiger partial charge in [-0.3, -0.25) is 9.69 Å². The van der Waals surface area contributed by atoms with Gasteiger partial charge in [0.2, 0.25) is 0 Å². The Morgan fingerprint density at radius 2 is 1.85 bits per heavy atom. The molecule has 0 radical (unpaired) electrons. The summed E-state index contributed by atoms with van der Waals surface area (Å²) in [4.78, 5) is 27.7. The van der Waals surface area contributed by atoms with Crippen LogP contribution in [0, 0.1) is 6.92 Å². The molecule has 0 saturated carbocycles. The Balaban J connectivity index is 2.08. The van der Waals surface area contributed by atoms with E-state index >= 15 is 0 Å². The fourth-order valence-corrected chi connectivity index (χ4v) is 2.35. The predicted molar refractivity (Wildman–Crippen MR) is 76.4 cm³/mol. The second-order valence-electron chi connectivity index (χ2n) is 5.34. The lowest BCUT2D eigenvalue weighted by atomic mass is 10.0. The van der Waals surface area contributed by atoms with Crippen molar-refractivity contribution in [2.45, 2.75) is 6.92 Å². The van der Waals surface area contributed by atoms with Gasteiger partial charge in [0, 0.05) is 31.7 Å². The molecule has 1 N–H and O–H groups in total. The molecular formula is C15H20N2O3. The van der Waals surface area contributed by atoms with Crippen molar-refractivity contribution in [1.82, 2.24) is 9.80 Å². The number of aromatic carboxylic acids is 1. The maximum Gasteiger partial charge on any atom is 0.335 e. The van der Waals surface area contributed by atoms with Crippen molar-refractivity contribution in [1.29, 1.82) is 0 Å². The molecule has 1 aromatic rings. The first-order chi connectivity index (χ1) is 9.47.